The molecule has 114 valence electrons. The van der Waals surface area contributed by atoms with Crippen molar-refractivity contribution in [2.45, 2.75) is 0 Å². The lowest BCUT2D eigenvalue weighted by atomic mass is 10.2. The van der Waals surface area contributed by atoms with Crippen molar-refractivity contribution in [2.75, 3.05) is 37.6 Å². The van der Waals surface area contributed by atoms with Crippen molar-refractivity contribution in [3.8, 4) is 0 Å². The minimum Gasteiger partial charge on any atom is -0.359 e. The molecule has 3 rings (SSSR count). The van der Waals surface area contributed by atoms with Crippen molar-refractivity contribution < 1.29 is 0 Å². The third kappa shape index (κ3) is 3.20. The van der Waals surface area contributed by atoms with Gasteiger partial charge in [-0.25, -0.2) is 4.98 Å². The van der Waals surface area contributed by atoms with Gasteiger partial charge in [-0.05, 0) is 30.4 Å². The molecule has 1 fully saturated rings. The first-order valence-corrected chi connectivity index (χ1v) is 7.93. The molecular weight excluding hydrogens is 292 g/mol. The second kappa shape index (κ2) is 6.75. The van der Waals surface area contributed by atoms with Crippen LogP contribution in [0.3, 0.4) is 0 Å². The van der Waals surface area contributed by atoms with E-state index in [1.54, 1.807) is 0 Å². The smallest absolute Gasteiger partial charge is 0.169 e. The van der Waals surface area contributed by atoms with E-state index in [1.807, 2.05) is 18.2 Å². The number of nitrogens with one attached hydrogen (secondary N) is 1. The van der Waals surface area contributed by atoms with Gasteiger partial charge in [0.2, 0.25) is 0 Å². The van der Waals surface area contributed by atoms with Crippen molar-refractivity contribution in [1.29, 1.82) is 0 Å². The number of hydrogen-bond donors (Lipinski definition) is 1. The van der Waals surface area contributed by atoms with Gasteiger partial charge in [0, 0.05) is 38.1 Å². The van der Waals surface area contributed by atoms with Gasteiger partial charge in [0.15, 0.2) is 5.11 Å². The summed E-state index contributed by atoms with van der Waals surface area (Å²) in [5, 5.41) is 5.18. The van der Waals surface area contributed by atoms with Gasteiger partial charge in [-0.15, -0.1) is 6.58 Å². The molecule has 1 aromatic heterocycles. The molecule has 5 heteroatoms. The van der Waals surface area contributed by atoms with Crippen LogP contribution >= 0.6 is 12.2 Å². The van der Waals surface area contributed by atoms with Crippen LogP contribution in [0, 0.1) is 0 Å². The first kappa shape index (κ1) is 14.8. The van der Waals surface area contributed by atoms with Crippen LogP contribution < -0.4 is 10.2 Å². The summed E-state index contributed by atoms with van der Waals surface area (Å²) in [5.74, 6) is 1.04. The Hall–Kier alpha value is -2.14. The summed E-state index contributed by atoms with van der Waals surface area (Å²) in [4.78, 5) is 9.29. The molecule has 0 atom stereocenters. The zero-order valence-electron chi connectivity index (χ0n) is 12.5. The predicted molar refractivity (Wildman–Crippen MR) is 96.3 cm³/mol. The predicted octanol–water partition coefficient (Wildman–Crippen LogP) is 2.42. The van der Waals surface area contributed by atoms with E-state index in [9.17, 15) is 0 Å². The maximum absolute atomic E-state index is 5.39. The summed E-state index contributed by atoms with van der Waals surface area (Å²) in [7, 11) is 0. The second-order valence-corrected chi connectivity index (χ2v) is 5.70. The fraction of sp³-hybridized carbons (Fsp3) is 0.294. The molecule has 2 heterocycles. The van der Waals surface area contributed by atoms with E-state index < -0.39 is 0 Å². The highest BCUT2D eigenvalue weighted by Crippen LogP contribution is 2.19. The molecule has 2 aromatic rings. The molecule has 0 saturated carbocycles. The van der Waals surface area contributed by atoms with Crippen LogP contribution in [-0.4, -0.2) is 47.7 Å². The van der Waals surface area contributed by atoms with Gasteiger partial charge in [0.1, 0.15) is 5.82 Å². The fourth-order valence-electron chi connectivity index (χ4n) is 2.64. The van der Waals surface area contributed by atoms with Gasteiger partial charge in [0.05, 0.1) is 5.52 Å². The van der Waals surface area contributed by atoms with E-state index in [-0.39, 0.29) is 0 Å². The summed E-state index contributed by atoms with van der Waals surface area (Å²) < 4.78 is 0. The summed E-state index contributed by atoms with van der Waals surface area (Å²) in [6.07, 6.45) is 1.82. The van der Waals surface area contributed by atoms with Gasteiger partial charge in [-0.1, -0.05) is 24.3 Å². The van der Waals surface area contributed by atoms with E-state index in [4.69, 9.17) is 17.2 Å². The van der Waals surface area contributed by atoms with Crippen LogP contribution in [0.2, 0.25) is 0 Å². The lowest BCUT2D eigenvalue weighted by molar-refractivity contribution is 0.380. The topological polar surface area (TPSA) is 31.4 Å². The highest BCUT2D eigenvalue weighted by Gasteiger charge is 2.19. The summed E-state index contributed by atoms with van der Waals surface area (Å²) in [6, 6.07) is 12.5. The maximum Gasteiger partial charge on any atom is 0.169 e. The van der Waals surface area contributed by atoms with E-state index in [1.165, 1.54) is 5.39 Å². The Labute approximate surface area is 136 Å². The molecule has 1 aromatic carbocycles. The van der Waals surface area contributed by atoms with Crippen LogP contribution in [0.4, 0.5) is 5.82 Å². The first-order valence-electron chi connectivity index (χ1n) is 7.52. The van der Waals surface area contributed by atoms with E-state index in [0.29, 0.717) is 6.54 Å². The number of nitrogens with zero attached hydrogens (tertiary/aromatic N) is 3. The molecule has 0 unspecified atom stereocenters. The highest BCUT2D eigenvalue weighted by atomic mass is 32.1. The summed E-state index contributed by atoms with van der Waals surface area (Å²) in [6.45, 7) is 8.10. The summed E-state index contributed by atoms with van der Waals surface area (Å²) in [5.41, 5.74) is 1.05. The van der Waals surface area contributed by atoms with Crippen LogP contribution in [0.1, 0.15) is 0 Å². The largest absolute Gasteiger partial charge is 0.359 e. The molecule has 0 radical (unpaired) electrons. The quantitative estimate of drug-likeness (QED) is 0.695. The van der Waals surface area contributed by atoms with E-state index in [2.05, 4.69) is 46.0 Å². The van der Waals surface area contributed by atoms with Crippen LogP contribution in [-0.2, 0) is 0 Å². The van der Waals surface area contributed by atoms with Crippen LogP contribution in [0.15, 0.2) is 49.1 Å². The number of aromatic nitrogens is 1. The second-order valence-electron chi connectivity index (χ2n) is 5.31. The lowest BCUT2D eigenvalue weighted by Crippen LogP contribution is -2.52. The average Bonchev–Trinajstić information content (AvgIpc) is 2.59. The monoisotopic (exact) mass is 312 g/mol. The van der Waals surface area contributed by atoms with Crippen molar-refractivity contribution in [1.82, 2.24) is 15.2 Å². The van der Waals surface area contributed by atoms with E-state index >= 15 is 0 Å². The molecule has 0 bridgehead atoms. The third-order valence-electron chi connectivity index (χ3n) is 3.87. The molecule has 22 heavy (non-hydrogen) atoms. The number of anilines is 1. The van der Waals surface area contributed by atoms with Gasteiger partial charge >= 0.3 is 0 Å². The van der Waals surface area contributed by atoms with Gasteiger partial charge in [0.25, 0.3) is 0 Å². The zero-order valence-corrected chi connectivity index (χ0v) is 13.4. The molecule has 0 aliphatic carbocycles. The van der Waals surface area contributed by atoms with Crippen molar-refractivity contribution in [3.63, 3.8) is 0 Å². The van der Waals surface area contributed by atoms with Crippen LogP contribution in [0.25, 0.3) is 10.9 Å². The number of benzene rings is 1. The molecule has 1 saturated heterocycles. The number of para-hydroxylation sites is 1. The highest BCUT2D eigenvalue weighted by molar-refractivity contribution is 7.80. The Bertz CT molecular complexity index is 677. The number of pyridine rings is 1. The Morgan fingerprint density at radius 3 is 2.73 bits per heavy atom. The average molecular weight is 312 g/mol. The van der Waals surface area contributed by atoms with Crippen molar-refractivity contribution in [2.24, 2.45) is 0 Å². The molecule has 1 N–H and O–H groups in total. The zero-order chi connectivity index (χ0) is 15.4. The maximum atomic E-state index is 5.39. The molecule has 0 amide bonds. The molecule has 1 aliphatic heterocycles. The lowest BCUT2D eigenvalue weighted by Gasteiger charge is -2.36. The van der Waals surface area contributed by atoms with Crippen molar-refractivity contribution >= 4 is 34.1 Å². The number of piperazine rings is 1. The Balaban J connectivity index is 1.65. The fourth-order valence-corrected chi connectivity index (χ4v) is 2.91. The van der Waals surface area contributed by atoms with Crippen LogP contribution in [0.5, 0.6) is 0 Å². The minimum absolute atomic E-state index is 0.714. The number of rotatable bonds is 3. The number of thiocarbonyl (C=S) groups is 1. The SMILES string of the molecule is C=CCNC(=S)N1CCN(c2ccc3ccccc3n2)CC1. The molecule has 0 spiro atoms. The number of fused-ring (bicyclic) bond motifs is 1. The number of hydrogen-bond acceptors (Lipinski definition) is 3. The van der Waals surface area contributed by atoms with Gasteiger partial charge < -0.3 is 15.1 Å². The van der Waals surface area contributed by atoms with Gasteiger partial charge in [-0.3, -0.25) is 0 Å². The third-order valence-corrected chi connectivity index (χ3v) is 4.27. The normalized spacial score (nSPS) is 14.9. The summed E-state index contributed by atoms with van der Waals surface area (Å²) >= 11 is 5.39. The Morgan fingerprint density at radius 1 is 1.18 bits per heavy atom. The van der Waals surface area contributed by atoms with Gasteiger partial charge in [-0.2, -0.15) is 0 Å². The first-order chi connectivity index (χ1) is 10.8. The standard InChI is InChI=1S/C17H20N4S/c1-2-9-18-17(22)21-12-10-20(11-13-21)16-8-7-14-5-3-4-6-15(14)19-16/h2-8H,1,9-13H2,(H,18,22). The minimum atomic E-state index is 0.714. The Kier molecular flexibility index (Phi) is 4.53. The van der Waals surface area contributed by atoms with E-state index in [0.717, 1.165) is 42.6 Å². The molecule has 1 aliphatic rings. The van der Waals surface area contributed by atoms with Crippen molar-refractivity contribution in [3.05, 3.63) is 49.1 Å². The Morgan fingerprint density at radius 2 is 1.95 bits per heavy atom. The molecule has 4 nitrogen and oxygen atoms in total. The molecular formula is C17H20N4S.